The van der Waals surface area contributed by atoms with Gasteiger partial charge in [-0.2, -0.15) is 0 Å². The maximum atomic E-state index is 12.7. The Labute approximate surface area is 139 Å². The Balaban J connectivity index is 1.69. The number of rotatable bonds is 1. The monoisotopic (exact) mass is 414 g/mol. The lowest BCUT2D eigenvalue weighted by molar-refractivity contribution is -0.136. The third kappa shape index (κ3) is 1.89. The molecule has 0 spiro atoms. The lowest BCUT2D eigenvalue weighted by Crippen LogP contribution is -2.52. The minimum absolute atomic E-state index is 0.152. The molecule has 114 valence electrons. The molecular weight excluding hydrogens is 403 g/mol. The molecule has 0 aromatic heterocycles. The van der Waals surface area contributed by atoms with Crippen LogP contribution in [-0.4, -0.2) is 35.5 Å². The van der Waals surface area contributed by atoms with Gasteiger partial charge in [0.25, 0.3) is 5.91 Å². The first-order valence-electron chi connectivity index (χ1n) is 6.82. The zero-order valence-corrected chi connectivity index (χ0v) is 13.5. The summed E-state index contributed by atoms with van der Waals surface area (Å²) in [5.74, 6) is 0.305. The van der Waals surface area contributed by atoms with E-state index < -0.39 is 11.9 Å². The fourth-order valence-electron chi connectivity index (χ4n) is 3.04. The molecule has 1 atom stereocenters. The number of benzene rings is 1. The van der Waals surface area contributed by atoms with Crippen molar-refractivity contribution in [2.75, 3.05) is 6.79 Å². The van der Waals surface area contributed by atoms with Crippen molar-refractivity contribution in [3.05, 3.63) is 20.8 Å². The summed E-state index contributed by atoms with van der Waals surface area (Å²) in [5, 5.41) is 2.29. The van der Waals surface area contributed by atoms with Crippen LogP contribution in [0, 0.1) is 3.57 Å². The first-order valence-corrected chi connectivity index (χ1v) is 7.90. The Kier molecular flexibility index (Phi) is 3.03. The molecule has 0 radical (unpaired) electrons. The molecule has 1 saturated heterocycles. The molecule has 4 rings (SSSR count). The van der Waals surface area contributed by atoms with E-state index >= 15 is 0 Å². The van der Waals surface area contributed by atoms with Crippen molar-refractivity contribution in [3.63, 3.8) is 0 Å². The van der Waals surface area contributed by atoms with E-state index in [9.17, 15) is 14.4 Å². The van der Waals surface area contributed by atoms with E-state index in [0.29, 0.717) is 33.6 Å². The van der Waals surface area contributed by atoms with E-state index in [1.807, 2.05) is 0 Å². The van der Waals surface area contributed by atoms with Gasteiger partial charge in [-0.1, -0.05) is 0 Å². The van der Waals surface area contributed by atoms with Crippen LogP contribution in [0.15, 0.2) is 6.07 Å². The van der Waals surface area contributed by atoms with E-state index in [1.165, 1.54) is 4.90 Å². The SMILES string of the molecule is O=C1CCC(N2Cc3cc4c(c(I)c3C2=O)OCO4)C(=O)N1. The number of piperidine rings is 1. The minimum Gasteiger partial charge on any atom is -0.454 e. The highest BCUT2D eigenvalue weighted by Gasteiger charge is 2.41. The van der Waals surface area contributed by atoms with E-state index in [4.69, 9.17) is 9.47 Å². The maximum absolute atomic E-state index is 12.7. The van der Waals surface area contributed by atoms with Crippen molar-refractivity contribution in [1.29, 1.82) is 0 Å². The van der Waals surface area contributed by atoms with Gasteiger partial charge in [0.2, 0.25) is 18.6 Å². The normalized spacial score (nSPS) is 22.9. The Morgan fingerprint density at radius 3 is 2.86 bits per heavy atom. The first-order chi connectivity index (χ1) is 10.6. The standard InChI is InChI=1S/C14H11IN2O5/c15-11-10-6(3-8-12(11)22-5-21-8)4-17(14(10)20)7-1-2-9(18)16-13(7)19/h3,7H,1-2,4-5H2,(H,16,18,19). The summed E-state index contributed by atoms with van der Waals surface area (Å²) in [5.41, 5.74) is 1.39. The molecule has 3 amide bonds. The topological polar surface area (TPSA) is 84.9 Å². The van der Waals surface area contributed by atoms with E-state index in [1.54, 1.807) is 6.07 Å². The molecule has 0 bridgehead atoms. The molecule has 7 nitrogen and oxygen atoms in total. The quantitative estimate of drug-likeness (QED) is 0.543. The van der Waals surface area contributed by atoms with Gasteiger partial charge in [0.15, 0.2) is 11.5 Å². The van der Waals surface area contributed by atoms with Gasteiger partial charge in [-0.3, -0.25) is 19.7 Å². The zero-order valence-electron chi connectivity index (χ0n) is 11.3. The van der Waals surface area contributed by atoms with Crippen molar-refractivity contribution in [2.45, 2.75) is 25.4 Å². The number of carbonyl (C=O) groups is 3. The highest BCUT2D eigenvalue weighted by atomic mass is 127. The number of ether oxygens (including phenoxy) is 2. The third-order valence-corrected chi connectivity index (χ3v) is 5.12. The summed E-state index contributed by atoms with van der Waals surface area (Å²) in [4.78, 5) is 37.5. The summed E-state index contributed by atoms with van der Waals surface area (Å²) in [6, 6.07) is 1.19. The second kappa shape index (κ2) is 4.83. The number of fused-ring (bicyclic) bond motifs is 2. The van der Waals surface area contributed by atoms with Crippen LogP contribution in [-0.2, 0) is 16.1 Å². The predicted molar refractivity (Wildman–Crippen MR) is 81.3 cm³/mol. The van der Waals surface area contributed by atoms with Gasteiger partial charge in [-0.15, -0.1) is 0 Å². The molecule has 1 aromatic carbocycles. The molecule has 8 heteroatoms. The Morgan fingerprint density at radius 2 is 2.09 bits per heavy atom. The Morgan fingerprint density at radius 1 is 1.27 bits per heavy atom. The Bertz CT molecular complexity index is 732. The first kappa shape index (κ1) is 13.8. The summed E-state index contributed by atoms with van der Waals surface area (Å²) in [6.45, 7) is 0.492. The number of imide groups is 1. The molecule has 1 fully saturated rings. The number of amides is 3. The molecular formula is C14H11IN2O5. The average molecular weight is 414 g/mol. The van der Waals surface area contributed by atoms with Crippen LogP contribution in [0.5, 0.6) is 11.5 Å². The van der Waals surface area contributed by atoms with Crippen LogP contribution in [0.2, 0.25) is 0 Å². The van der Waals surface area contributed by atoms with Gasteiger partial charge in [0, 0.05) is 13.0 Å². The molecule has 3 aliphatic heterocycles. The van der Waals surface area contributed by atoms with E-state index in [2.05, 4.69) is 27.9 Å². The zero-order chi connectivity index (χ0) is 15.4. The summed E-state index contributed by atoms with van der Waals surface area (Å²) < 4.78 is 11.5. The van der Waals surface area contributed by atoms with Gasteiger partial charge >= 0.3 is 0 Å². The van der Waals surface area contributed by atoms with Gasteiger partial charge in [-0.05, 0) is 40.6 Å². The fraction of sp³-hybridized carbons (Fsp3) is 0.357. The van der Waals surface area contributed by atoms with Gasteiger partial charge in [-0.25, -0.2) is 0 Å². The minimum atomic E-state index is -0.606. The number of halogens is 1. The second-order valence-electron chi connectivity index (χ2n) is 5.36. The highest BCUT2D eigenvalue weighted by molar-refractivity contribution is 14.1. The summed E-state index contributed by atoms with van der Waals surface area (Å²) in [6.07, 6.45) is 0.601. The fourth-order valence-corrected chi connectivity index (χ4v) is 4.04. The number of carbonyl (C=O) groups excluding carboxylic acids is 3. The van der Waals surface area contributed by atoms with Crippen molar-refractivity contribution in [1.82, 2.24) is 10.2 Å². The molecule has 1 N–H and O–H groups in total. The molecule has 1 aromatic rings. The van der Waals surface area contributed by atoms with Crippen molar-refractivity contribution in [2.24, 2.45) is 0 Å². The second-order valence-corrected chi connectivity index (χ2v) is 6.44. The molecule has 3 heterocycles. The molecule has 0 aliphatic carbocycles. The van der Waals surface area contributed by atoms with Crippen LogP contribution in [0.25, 0.3) is 0 Å². The summed E-state index contributed by atoms with van der Waals surface area (Å²) in [7, 11) is 0. The van der Waals surface area contributed by atoms with Crippen molar-refractivity contribution >= 4 is 40.3 Å². The van der Waals surface area contributed by atoms with Crippen LogP contribution in [0.4, 0.5) is 0 Å². The van der Waals surface area contributed by atoms with Crippen molar-refractivity contribution < 1.29 is 23.9 Å². The number of nitrogens with one attached hydrogen (secondary N) is 1. The summed E-state index contributed by atoms with van der Waals surface area (Å²) >= 11 is 2.07. The Hall–Kier alpha value is -1.84. The lowest BCUT2D eigenvalue weighted by atomic mass is 10.0. The molecule has 22 heavy (non-hydrogen) atoms. The van der Waals surface area contributed by atoms with Crippen LogP contribution < -0.4 is 14.8 Å². The van der Waals surface area contributed by atoms with Crippen LogP contribution >= 0.6 is 22.6 Å². The largest absolute Gasteiger partial charge is 0.454 e. The number of hydrogen-bond donors (Lipinski definition) is 1. The molecule has 0 saturated carbocycles. The van der Waals surface area contributed by atoms with Gasteiger partial charge in [0.05, 0.1) is 9.13 Å². The number of nitrogens with zero attached hydrogens (tertiary/aromatic N) is 1. The third-order valence-electron chi connectivity index (χ3n) is 4.09. The van der Waals surface area contributed by atoms with Crippen LogP contribution in [0.3, 0.4) is 0 Å². The number of hydrogen-bond acceptors (Lipinski definition) is 5. The predicted octanol–water partition coefficient (Wildman–Crippen LogP) is 0.781. The van der Waals surface area contributed by atoms with E-state index in [0.717, 1.165) is 5.56 Å². The van der Waals surface area contributed by atoms with Crippen molar-refractivity contribution in [3.8, 4) is 11.5 Å². The van der Waals surface area contributed by atoms with Gasteiger partial charge in [0.1, 0.15) is 6.04 Å². The molecule has 3 aliphatic rings. The van der Waals surface area contributed by atoms with Crippen LogP contribution in [0.1, 0.15) is 28.8 Å². The van der Waals surface area contributed by atoms with E-state index in [-0.39, 0.29) is 25.0 Å². The van der Waals surface area contributed by atoms with Gasteiger partial charge < -0.3 is 14.4 Å². The lowest BCUT2D eigenvalue weighted by Gasteiger charge is -2.29. The molecule has 1 unspecified atom stereocenters. The smallest absolute Gasteiger partial charge is 0.256 e. The highest BCUT2D eigenvalue weighted by Crippen LogP contribution is 2.43. The maximum Gasteiger partial charge on any atom is 0.256 e. The average Bonchev–Trinajstić information content (AvgIpc) is 3.05.